The molecule has 0 aliphatic carbocycles. The van der Waals surface area contributed by atoms with Gasteiger partial charge in [0.05, 0.1) is 6.20 Å². The van der Waals surface area contributed by atoms with E-state index in [9.17, 15) is 4.79 Å². The minimum Gasteiger partial charge on any atom is -0.440 e. The van der Waals surface area contributed by atoms with Gasteiger partial charge in [-0.05, 0) is 6.92 Å². The van der Waals surface area contributed by atoms with Crippen molar-refractivity contribution < 1.29 is 9.21 Å². The maximum atomic E-state index is 10.5. The van der Waals surface area contributed by atoms with E-state index in [1.54, 1.807) is 13.1 Å². The van der Waals surface area contributed by atoms with E-state index >= 15 is 0 Å². The number of carbonyl (C=O) groups excluding carboxylic acids is 1. The Labute approximate surface area is 69.2 Å². The molecular weight excluding hydrogens is 162 g/mol. The zero-order valence-corrected chi connectivity index (χ0v) is 7.06. The van der Waals surface area contributed by atoms with E-state index in [1.165, 1.54) is 18.0 Å². The average molecular weight is 171 g/mol. The van der Waals surface area contributed by atoms with Crippen molar-refractivity contribution >= 4 is 17.5 Å². The molecule has 0 aliphatic heterocycles. The molecule has 0 fully saturated rings. The van der Waals surface area contributed by atoms with E-state index in [0.717, 1.165) is 5.75 Å². The molecule has 1 aromatic heterocycles. The van der Waals surface area contributed by atoms with Crippen LogP contribution in [-0.4, -0.2) is 16.5 Å². The van der Waals surface area contributed by atoms with Crippen LogP contribution >= 0.6 is 11.8 Å². The van der Waals surface area contributed by atoms with Crippen molar-refractivity contribution in [2.75, 3.05) is 5.75 Å². The third-order valence-corrected chi connectivity index (χ3v) is 1.95. The molecule has 0 bridgehead atoms. The summed E-state index contributed by atoms with van der Waals surface area (Å²) in [5.74, 6) is 0.944. The lowest BCUT2D eigenvalue weighted by molar-refractivity contribution is -0.116. The molecule has 0 aromatic carbocycles. The molecular formula is C7H9NO2S. The maximum Gasteiger partial charge on any atom is 0.255 e. The number of carbonyl (C=O) groups is 1. The van der Waals surface area contributed by atoms with Crippen LogP contribution in [0.4, 0.5) is 0 Å². The molecule has 0 saturated carbocycles. The molecule has 0 spiro atoms. The van der Waals surface area contributed by atoms with E-state index in [-0.39, 0.29) is 5.78 Å². The molecule has 60 valence electrons. The summed E-state index contributed by atoms with van der Waals surface area (Å²) in [5.41, 5.74) is 0. The largest absolute Gasteiger partial charge is 0.440 e. The summed E-state index contributed by atoms with van der Waals surface area (Å²) < 4.78 is 4.96. The fourth-order valence-electron chi connectivity index (χ4n) is 0.564. The highest BCUT2D eigenvalue weighted by molar-refractivity contribution is 7.99. The molecule has 0 atom stereocenters. The average Bonchev–Trinajstić information content (AvgIpc) is 2.39. The van der Waals surface area contributed by atoms with E-state index in [0.29, 0.717) is 11.6 Å². The first-order chi connectivity index (χ1) is 5.29. The molecule has 1 aromatic rings. The Balaban J connectivity index is 2.19. The van der Waals surface area contributed by atoms with Crippen LogP contribution in [0.25, 0.3) is 0 Å². The predicted molar refractivity (Wildman–Crippen MR) is 42.5 cm³/mol. The van der Waals surface area contributed by atoms with Crippen molar-refractivity contribution in [3.63, 3.8) is 0 Å². The fourth-order valence-corrected chi connectivity index (χ4v) is 1.39. The van der Waals surface area contributed by atoms with Crippen LogP contribution in [0.15, 0.2) is 22.1 Å². The van der Waals surface area contributed by atoms with Crippen LogP contribution in [0.1, 0.15) is 13.3 Å². The Kier molecular flexibility index (Phi) is 3.16. The topological polar surface area (TPSA) is 43.1 Å². The van der Waals surface area contributed by atoms with E-state index in [2.05, 4.69) is 4.98 Å². The van der Waals surface area contributed by atoms with Gasteiger partial charge in [0.25, 0.3) is 5.22 Å². The van der Waals surface area contributed by atoms with Crippen LogP contribution in [0.2, 0.25) is 0 Å². The molecule has 1 heterocycles. The van der Waals surface area contributed by atoms with Gasteiger partial charge in [-0.25, -0.2) is 4.98 Å². The van der Waals surface area contributed by atoms with E-state index in [4.69, 9.17) is 4.42 Å². The van der Waals surface area contributed by atoms with Gasteiger partial charge in [-0.15, -0.1) is 0 Å². The molecule has 0 unspecified atom stereocenters. The first-order valence-electron chi connectivity index (χ1n) is 3.31. The predicted octanol–water partition coefficient (Wildman–Crippen LogP) is 1.75. The second-order valence-electron chi connectivity index (χ2n) is 2.10. The van der Waals surface area contributed by atoms with Gasteiger partial charge in [0.2, 0.25) is 0 Å². The van der Waals surface area contributed by atoms with Gasteiger partial charge in [-0.1, -0.05) is 11.8 Å². The molecule has 0 radical (unpaired) electrons. The van der Waals surface area contributed by atoms with Gasteiger partial charge >= 0.3 is 0 Å². The Morgan fingerprint density at radius 3 is 3.18 bits per heavy atom. The zero-order valence-electron chi connectivity index (χ0n) is 6.24. The van der Waals surface area contributed by atoms with Gasteiger partial charge in [0.15, 0.2) is 0 Å². The first kappa shape index (κ1) is 8.33. The van der Waals surface area contributed by atoms with Gasteiger partial charge in [-0.3, -0.25) is 4.79 Å². The second-order valence-corrected chi connectivity index (χ2v) is 3.14. The molecule has 0 N–H and O–H groups in total. The summed E-state index contributed by atoms with van der Waals surface area (Å²) in [5, 5.41) is 0.631. The standard InChI is InChI=1S/C7H9NO2S/c1-6(9)2-5-11-7-8-3-4-10-7/h3-4H,2,5H2,1H3. The summed E-state index contributed by atoms with van der Waals surface area (Å²) in [7, 11) is 0. The van der Waals surface area contributed by atoms with Crippen molar-refractivity contribution in [1.29, 1.82) is 0 Å². The van der Waals surface area contributed by atoms with Gasteiger partial charge in [0, 0.05) is 12.2 Å². The zero-order chi connectivity index (χ0) is 8.10. The normalized spacial score (nSPS) is 9.91. The molecule has 1 rings (SSSR count). The minimum absolute atomic E-state index is 0.198. The van der Waals surface area contributed by atoms with Crippen LogP contribution in [0, 0.1) is 0 Å². The number of thioether (sulfide) groups is 1. The lowest BCUT2D eigenvalue weighted by atomic mass is 10.4. The highest BCUT2D eigenvalue weighted by atomic mass is 32.2. The van der Waals surface area contributed by atoms with Crippen LogP contribution < -0.4 is 0 Å². The first-order valence-corrected chi connectivity index (χ1v) is 4.29. The van der Waals surface area contributed by atoms with Crippen molar-refractivity contribution in [3.05, 3.63) is 12.5 Å². The highest BCUT2D eigenvalue weighted by Gasteiger charge is 1.98. The van der Waals surface area contributed by atoms with Crippen LogP contribution in [-0.2, 0) is 4.79 Å². The monoisotopic (exact) mass is 171 g/mol. The Morgan fingerprint density at radius 2 is 2.64 bits per heavy atom. The van der Waals surface area contributed by atoms with Crippen molar-refractivity contribution in [2.24, 2.45) is 0 Å². The Bertz CT molecular complexity index is 220. The van der Waals surface area contributed by atoms with Gasteiger partial charge < -0.3 is 4.42 Å². The van der Waals surface area contributed by atoms with Crippen molar-refractivity contribution in [3.8, 4) is 0 Å². The number of aromatic nitrogens is 1. The lowest BCUT2D eigenvalue weighted by Gasteiger charge is -1.91. The summed E-state index contributed by atoms with van der Waals surface area (Å²) >= 11 is 1.46. The summed E-state index contributed by atoms with van der Waals surface area (Å²) in [6.45, 7) is 1.58. The maximum absolute atomic E-state index is 10.5. The summed E-state index contributed by atoms with van der Waals surface area (Å²) in [4.78, 5) is 14.4. The number of hydrogen-bond acceptors (Lipinski definition) is 4. The third-order valence-electron chi connectivity index (χ3n) is 1.09. The molecule has 11 heavy (non-hydrogen) atoms. The number of oxazole rings is 1. The Hall–Kier alpha value is -0.770. The Morgan fingerprint density at radius 1 is 1.82 bits per heavy atom. The van der Waals surface area contributed by atoms with Crippen molar-refractivity contribution in [2.45, 2.75) is 18.6 Å². The second kappa shape index (κ2) is 4.18. The van der Waals surface area contributed by atoms with E-state index in [1.807, 2.05) is 0 Å². The number of hydrogen-bond donors (Lipinski definition) is 0. The lowest BCUT2D eigenvalue weighted by Crippen LogP contribution is -1.91. The number of nitrogens with zero attached hydrogens (tertiary/aromatic N) is 1. The smallest absolute Gasteiger partial charge is 0.255 e. The van der Waals surface area contributed by atoms with Crippen molar-refractivity contribution in [1.82, 2.24) is 4.98 Å². The SMILES string of the molecule is CC(=O)CCSc1ncco1. The number of ketones is 1. The van der Waals surface area contributed by atoms with Crippen LogP contribution in [0.3, 0.4) is 0 Å². The van der Waals surface area contributed by atoms with Crippen LogP contribution in [0.5, 0.6) is 0 Å². The van der Waals surface area contributed by atoms with E-state index < -0.39 is 0 Å². The fraction of sp³-hybridized carbons (Fsp3) is 0.429. The molecule has 0 aliphatic rings. The highest BCUT2D eigenvalue weighted by Crippen LogP contribution is 2.15. The minimum atomic E-state index is 0.198. The molecule has 4 heteroatoms. The quantitative estimate of drug-likeness (QED) is 0.647. The summed E-state index contributed by atoms with van der Waals surface area (Å²) in [6, 6.07) is 0. The molecule has 0 saturated heterocycles. The van der Waals surface area contributed by atoms with Gasteiger partial charge in [0.1, 0.15) is 12.0 Å². The third kappa shape index (κ3) is 3.23. The number of Topliss-reactive ketones (excluding diaryl/α,β-unsaturated/α-hetero) is 1. The van der Waals surface area contributed by atoms with Gasteiger partial charge in [-0.2, -0.15) is 0 Å². The summed E-state index contributed by atoms with van der Waals surface area (Å²) in [6.07, 6.45) is 3.69. The molecule has 3 nitrogen and oxygen atoms in total. The number of rotatable bonds is 4. The molecule has 0 amide bonds.